The standard InChI is InChI=1S/C19H28N6O4S/c1-12-10-13-11-21-19(22-14-6-8-24(9-7-14)30(28,29)20-2)23-17(13)25(18(12)27)15-4-3-5-16(15)26/h10-11,14-16,20,26H,3-9H2,1-2H3,(H,21,22,23)/t15-,16-/m1/s1. The molecule has 3 heterocycles. The van der Waals surface area contributed by atoms with E-state index in [2.05, 4.69) is 20.0 Å². The van der Waals surface area contributed by atoms with E-state index < -0.39 is 16.3 Å². The molecule has 1 saturated heterocycles. The van der Waals surface area contributed by atoms with E-state index in [1.807, 2.05) is 0 Å². The van der Waals surface area contributed by atoms with Crippen LogP contribution in [0.3, 0.4) is 0 Å². The van der Waals surface area contributed by atoms with E-state index in [1.165, 1.54) is 11.4 Å². The van der Waals surface area contributed by atoms with Crippen LogP contribution in [-0.4, -0.2) is 64.6 Å². The number of aliphatic hydroxyl groups excluding tert-OH is 1. The maximum Gasteiger partial charge on any atom is 0.279 e. The first kappa shape index (κ1) is 21.2. The fourth-order valence-corrected chi connectivity index (χ4v) is 5.36. The molecule has 11 heteroatoms. The van der Waals surface area contributed by atoms with E-state index in [4.69, 9.17) is 0 Å². The van der Waals surface area contributed by atoms with E-state index in [-0.39, 0.29) is 17.6 Å². The Morgan fingerprint density at radius 1 is 1.20 bits per heavy atom. The lowest BCUT2D eigenvalue weighted by Gasteiger charge is -2.31. The number of fused-ring (bicyclic) bond motifs is 1. The Hall–Kier alpha value is -2.08. The van der Waals surface area contributed by atoms with Gasteiger partial charge in [0.15, 0.2) is 0 Å². The third kappa shape index (κ3) is 3.94. The van der Waals surface area contributed by atoms with Crippen LogP contribution in [0.2, 0.25) is 0 Å². The minimum atomic E-state index is -3.41. The molecular formula is C19H28N6O4S. The van der Waals surface area contributed by atoms with Gasteiger partial charge in [-0.05, 0) is 45.1 Å². The first-order chi connectivity index (χ1) is 14.3. The molecule has 10 nitrogen and oxygen atoms in total. The second-order valence-electron chi connectivity index (χ2n) is 8.07. The summed E-state index contributed by atoms with van der Waals surface area (Å²) in [6.45, 7) is 2.58. The van der Waals surface area contributed by atoms with Crippen LogP contribution in [0.1, 0.15) is 43.7 Å². The molecule has 0 amide bonds. The summed E-state index contributed by atoms with van der Waals surface area (Å²) in [7, 11) is -2.01. The zero-order valence-electron chi connectivity index (χ0n) is 17.2. The van der Waals surface area contributed by atoms with Crippen molar-refractivity contribution in [1.82, 2.24) is 23.6 Å². The summed E-state index contributed by atoms with van der Waals surface area (Å²) < 4.78 is 29.3. The third-order valence-corrected chi connectivity index (χ3v) is 7.67. The average Bonchev–Trinajstić information content (AvgIpc) is 3.15. The van der Waals surface area contributed by atoms with Crippen LogP contribution in [0.5, 0.6) is 0 Å². The number of anilines is 1. The van der Waals surface area contributed by atoms with Crippen LogP contribution >= 0.6 is 0 Å². The molecule has 4 rings (SSSR count). The Morgan fingerprint density at radius 3 is 2.57 bits per heavy atom. The summed E-state index contributed by atoms with van der Waals surface area (Å²) >= 11 is 0. The summed E-state index contributed by atoms with van der Waals surface area (Å²) in [6.07, 6.45) is 4.68. The molecule has 2 aromatic rings. The van der Waals surface area contributed by atoms with Gasteiger partial charge >= 0.3 is 0 Å². The van der Waals surface area contributed by atoms with Crippen molar-refractivity contribution >= 4 is 27.2 Å². The Kier molecular flexibility index (Phi) is 5.80. The zero-order valence-corrected chi connectivity index (χ0v) is 18.0. The van der Waals surface area contributed by atoms with E-state index in [0.29, 0.717) is 49.5 Å². The molecule has 30 heavy (non-hydrogen) atoms. The highest BCUT2D eigenvalue weighted by Gasteiger charge is 2.30. The third-order valence-electron chi connectivity index (χ3n) is 6.11. The highest BCUT2D eigenvalue weighted by molar-refractivity contribution is 7.87. The van der Waals surface area contributed by atoms with E-state index >= 15 is 0 Å². The normalized spacial score (nSPS) is 23.8. The van der Waals surface area contributed by atoms with Crippen molar-refractivity contribution in [2.75, 3.05) is 25.5 Å². The number of aliphatic hydroxyl groups is 1. The predicted octanol–water partition coefficient (Wildman–Crippen LogP) is 0.526. The highest BCUT2D eigenvalue weighted by atomic mass is 32.2. The second kappa shape index (κ2) is 8.22. The largest absolute Gasteiger partial charge is 0.391 e. The van der Waals surface area contributed by atoms with Crippen LogP contribution in [0.25, 0.3) is 11.0 Å². The van der Waals surface area contributed by atoms with Crippen molar-refractivity contribution in [3.05, 3.63) is 28.2 Å². The maximum absolute atomic E-state index is 12.9. The number of hydrogen-bond donors (Lipinski definition) is 3. The molecule has 0 radical (unpaired) electrons. The average molecular weight is 437 g/mol. The van der Waals surface area contributed by atoms with Crippen molar-refractivity contribution in [3.8, 4) is 0 Å². The SMILES string of the molecule is CNS(=O)(=O)N1CCC(Nc2ncc3cc(C)c(=O)n([C@@H]4CCC[C@H]4O)c3n2)CC1. The van der Waals surface area contributed by atoms with Gasteiger partial charge in [-0.3, -0.25) is 9.36 Å². The molecule has 1 aliphatic carbocycles. The lowest BCUT2D eigenvalue weighted by molar-refractivity contribution is 0.136. The number of aromatic nitrogens is 3. The van der Waals surface area contributed by atoms with Gasteiger partial charge < -0.3 is 10.4 Å². The summed E-state index contributed by atoms with van der Waals surface area (Å²) in [5.41, 5.74) is 0.983. The van der Waals surface area contributed by atoms with Gasteiger partial charge in [-0.2, -0.15) is 17.7 Å². The molecular weight excluding hydrogens is 408 g/mol. The molecule has 0 aromatic carbocycles. The van der Waals surface area contributed by atoms with Gasteiger partial charge in [0.2, 0.25) is 5.95 Å². The summed E-state index contributed by atoms with van der Waals surface area (Å²) in [5.74, 6) is 0.405. The fourth-order valence-electron chi connectivity index (χ4n) is 4.41. The van der Waals surface area contributed by atoms with Crippen LogP contribution < -0.4 is 15.6 Å². The number of nitrogens with zero attached hydrogens (tertiary/aromatic N) is 4. The quantitative estimate of drug-likeness (QED) is 0.623. The number of aryl methyl sites for hydroxylation is 1. The van der Waals surface area contributed by atoms with Gasteiger partial charge in [0.1, 0.15) is 5.65 Å². The molecule has 0 spiro atoms. The number of nitrogens with one attached hydrogen (secondary N) is 2. The zero-order chi connectivity index (χ0) is 21.5. The Morgan fingerprint density at radius 2 is 1.93 bits per heavy atom. The maximum atomic E-state index is 12.9. The Balaban J connectivity index is 1.59. The van der Waals surface area contributed by atoms with Gasteiger partial charge in [-0.15, -0.1) is 0 Å². The lowest BCUT2D eigenvalue weighted by atomic mass is 10.1. The van der Waals surface area contributed by atoms with E-state index in [0.717, 1.165) is 18.2 Å². The molecule has 0 unspecified atom stereocenters. The van der Waals surface area contributed by atoms with Crippen LogP contribution in [0, 0.1) is 6.92 Å². The lowest BCUT2D eigenvalue weighted by Crippen LogP contribution is -2.46. The van der Waals surface area contributed by atoms with Crippen LogP contribution in [-0.2, 0) is 10.2 Å². The molecule has 2 fully saturated rings. The monoisotopic (exact) mass is 436 g/mol. The van der Waals surface area contributed by atoms with Crippen LogP contribution in [0.15, 0.2) is 17.1 Å². The fraction of sp³-hybridized carbons (Fsp3) is 0.632. The minimum Gasteiger partial charge on any atom is -0.391 e. The summed E-state index contributed by atoms with van der Waals surface area (Å²) in [4.78, 5) is 21.9. The molecule has 3 N–H and O–H groups in total. The van der Waals surface area contributed by atoms with Crippen molar-refractivity contribution in [2.45, 2.75) is 57.2 Å². The molecule has 2 aromatic heterocycles. The number of pyridine rings is 1. The van der Waals surface area contributed by atoms with E-state index in [9.17, 15) is 18.3 Å². The van der Waals surface area contributed by atoms with Gasteiger partial charge in [-0.1, -0.05) is 0 Å². The molecule has 1 aliphatic heterocycles. The van der Waals surface area contributed by atoms with Crippen molar-refractivity contribution in [2.24, 2.45) is 0 Å². The highest BCUT2D eigenvalue weighted by Crippen LogP contribution is 2.31. The number of hydrogen-bond acceptors (Lipinski definition) is 7. The van der Waals surface area contributed by atoms with Gasteiger partial charge in [0.05, 0.1) is 12.1 Å². The van der Waals surface area contributed by atoms with Crippen molar-refractivity contribution < 1.29 is 13.5 Å². The van der Waals surface area contributed by atoms with Crippen LogP contribution in [0.4, 0.5) is 5.95 Å². The summed E-state index contributed by atoms with van der Waals surface area (Å²) in [6, 6.07) is 1.53. The molecule has 164 valence electrons. The van der Waals surface area contributed by atoms with E-state index in [1.54, 1.807) is 23.8 Å². The molecule has 2 atom stereocenters. The molecule has 0 bridgehead atoms. The Bertz CT molecular complexity index is 1090. The minimum absolute atomic E-state index is 0.0356. The van der Waals surface area contributed by atoms with Gasteiger partial charge in [0, 0.05) is 43.3 Å². The Labute approximate surface area is 175 Å². The molecule has 2 aliphatic rings. The number of piperidine rings is 1. The molecule has 1 saturated carbocycles. The first-order valence-electron chi connectivity index (χ1n) is 10.3. The predicted molar refractivity (Wildman–Crippen MR) is 114 cm³/mol. The number of rotatable bonds is 5. The van der Waals surface area contributed by atoms with Gasteiger partial charge in [-0.25, -0.2) is 9.71 Å². The topological polar surface area (TPSA) is 129 Å². The smallest absolute Gasteiger partial charge is 0.279 e. The summed E-state index contributed by atoms with van der Waals surface area (Å²) in [5, 5.41) is 14.4. The van der Waals surface area contributed by atoms with Crippen molar-refractivity contribution in [1.29, 1.82) is 0 Å². The second-order valence-corrected chi connectivity index (χ2v) is 9.94. The first-order valence-corrected chi connectivity index (χ1v) is 11.8. The van der Waals surface area contributed by atoms with Crippen molar-refractivity contribution in [3.63, 3.8) is 0 Å². The van der Waals surface area contributed by atoms with Gasteiger partial charge in [0.25, 0.3) is 15.8 Å².